The number of aliphatic carboxylic acids is 1. The number of rotatable bonds is 4. The lowest BCUT2D eigenvalue weighted by Crippen LogP contribution is -2.33. The second-order valence-corrected chi connectivity index (χ2v) is 3.03. The maximum absolute atomic E-state index is 12.0. The Morgan fingerprint density at radius 3 is 2.53 bits per heavy atom. The third kappa shape index (κ3) is 2.81. The van der Waals surface area contributed by atoms with Gasteiger partial charge in [0.1, 0.15) is 6.04 Å². The molecule has 0 saturated carbocycles. The minimum absolute atomic E-state index is 0.125. The molecular formula is C9H10FNO4. The molecule has 1 rings (SSSR count). The summed E-state index contributed by atoms with van der Waals surface area (Å²) in [6, 6.07) is 2.43. The topological polar surface area (TPSA) is 89.8 Å². The number of carboxylic acid groups (broad SMARTS) is 1. The third-order valence-electron chi connectivity index (χ3n) is 1.91. The lowest BCUT2D eigenvalue weighted by atomic mass is 10.1. The van der Waals surface area contributed by atoms with E-state index in [9.17, 15) is 9.28 Å². The minimum atomic E-state index is -1.37. The zero-order valence-electron chi connectivity index (χ0n) is 7.64. The van der Waals surface area contributed by atoms with Crippen LogP contribution in [0, 0.1) is 0 Å². The van der Waals surface area contributed by atoms with Gasteiger partial charge in [0.15, 0.2) is 11.5 Å². The second kappa shape index (κ2) is 4.61. The fraction of sp³-hybridized carbons (Fsp3) is 0.222. The van der Waals surface area contributed by atoms with Crippen molar-refractivity contribution >= 4 is 5.97 Å². The summed E-state index contributed by atoms with van der Waals surface area (Å²) in [5, 5.41) is 26.6. The van der Waals surface area contributed by atoms with E-state index in [2.05, 4.69) is 0 Å². The van der Waals surface area contributed by atoms with Crippen molar-refractivity contribution in [3.8, 4) is 11.5 Å². The molecule has 0 saturated heterocycles. The zero-order valence-corrected chi connectivity index (χ0v) is 7.64. The lowest BCUT2D eigenvalue weighted by molar-refractivity contribution is -0.140. The van der Waals surface area contributed by atoms with Gasteiger partial charge < -0.3 is 15.3 Å². The summed E-state index contributed by atoms with van der Waals surface area (Å²) < 4.78 is 12.0. The van der Waals surface area contributed by atoms with Crippen LogP contribution in [-0.4, -0.2) is 27.3 Å². The van der Waals surface area contributed by atoms with Gasteiger partial charge in [-0.25, -0.2) is 0 Å². The Labute approximate surface area is 84.7 Å². The minimum Gasteiger partial charge on any atom is -0.504 e. The number of aromatic hydroxyl groups is 2. The normalized spacial score (nSPS) is 12.3. The summed E-state index contributed by atoms with van der Waals surface area (Å²) in [6.07, 6.45) is -0.125. The van der Waals surface area contributed by atoms with Gasteiger partial charge in [-0.15, -0.1) is 10.0 Å². The van der Waals surface area contributed by atoms with E-state index in [0.29, 0.717) is 5.56 Å². The summed E-state index contributed by atoms with van der Waals surface area (Å²) in [5.41, 5.74) is 1.55. The molecule has 15 heavy (non-hydrogen) atoms. The van der Waals surface area contributed by atoms with Crippen molar-refractivity contribution in [1.82, 2.24) is 5.54 Å². The average molecular weight is 215 g/mol. The van der Waals surface area contributed by atoms with E-state index in [1.807, 2.05) is 0 Å². The standard InChI is InChI=1S/C9H10FNO4/c10-11-6(9(14)15)3-5-1-2-7(12)8(13)4-5/h1-2,4,6,11-13H,3H2,(H,14,15). The molecule has 0 radical (unpaired) electrons. The number of nitrogens with one attached hydrogen (secondary N) is 1. The van der Waals surface area contributed by atoms with Crippen LogP contribution >= 0.6 is 0 Å². The Kier molecular flexibility index (Phi) is 3.46. The Balaban J connectivity index is 2.80. The van der Waals surface area contributed by atoms with Gasteiger partial charge in [-0.05, 0) is 17.7 Å². The van der Waals surface area contributed by atoms with Gasteiger partial charge >= 0.3 is 5.97 Å². The first-order valence-corrected chi connectivity index (χ1v) is 4.14. The van der Waals surface area contributed by atoms with Crippen LogP contribution in [0.25, 0.3) is 0 Å². The highest BCUT2D eigenvalue weighted by atomic mass is 19.2. The van der Waals surface area contributed by atoms with Crippen LogP contribution in [0.2, 0.25) is 0 Å². The first-order valence-electron chi connectivity index (χ1n) is 4.14. The summed E-state index contributed by atoms with van der Waals surface area (Å²) in [5.74, 6) is -2.00. The first-order chi connectivity index (χ1) is 7.04. The largest absolute Gasteiger partial charge is 0.504 e. The first kappa shape index (κ1) is 11.3. The fourth-order valence-corrected chi connectivity index (χ4v) is 1.10. The molecule has 0 aromatic heterocycles. The average Bonchev–Trinajstić information content (AvgIpc) is 2.19. The van der Waals surface area contributed by atoms with Crippen molar-refractivity contribution in [2.45, 2.75) is 12.5 Å². The van der Waals surface area contributed by atoms with Crippen molar-refractivity contribution in [3.63, 3.8) is 0 Å². The van der Waals surface area contributed by atoms with E-state index in [4.69, 9.17) is 15.3 Å². The Morgan fingerprint density at radius 2 is 2.07 bits per heavy atom. The third-order valence-corrected chi connectivity index (χ3v) is 1.91. The van der Waals surface area contributed by atoms with Gasteiger partial charge in [0, 0.05) is 6.42 Å². The van der Waals surface area contributed by atoms with E-state index in [1.165, 1.54) is 18.2 Å². The van der Waals surface area contributed by atoms with Gasteiger partial charge in [0.05, 0.1) is 0 Å². The van der Waals surface area contributed by atoms with E-state index in [-0.39, 0.29) is 17.9 Å². The molecule has 1 aromatic carbocycles. The molecule has 0 aliphatic carbocycles. The lowest BCUT2D eigenvalue weighted by Gasteiger charge is -2.09. The summed E-state index contributed by atoms with van der Waals surface area (Å²) in [4.78, 5) is 10.5. The number of benzene rings is 1. The van der Waals surface area contributed by atoms with Crippen LogP contribution in [0.4, 0.5) is 4.48 Å². The zero-order chi connectivity index (χ0) is 11.4. The van der Waals surface area contributed by atoms with Crippen LogP contribution in [0.5, 0.6) is 11.5 Å². The molecule has 1 atom stereocenters. The number of carbonyl (C=O) groups is 1. The van der Waals surface area contributed by atoms with Crippen LogP contribution in [-0.2, 0) is 11.2 Å². The molecule has 0 aliphatic heterocycles. The quantitative estimate of drug-likeness (QED) is 0.435. The van der Waals surface area contributed by atoms with Crippen LogP contribution < -0.4 is 5.54 Å². The monoisotopic (exact) mass is 215 g/mol. The number of phenols is 2. The van der Waals surface area contributed by atoms with Crippen molar-refractivity contribution < 1.29 is 24.6 Å². The van der Waals surface area contributed by atoms with Crippen LogP contribution in [0.3, 0.4) is 0 Å². The predicted octanol–water partition coefficient (Wildman–Crippen LogP) is 0.568. The molecule has 0 amide bonds. The molecule has 6 heteroatoms. The Bertz CT molecular complexity index is 369. The van der Waals surface area contributed by atoms with E-state index >= 15 is 0 Å². The number of carboxylic acids is 1. The number of halogens is 1. The van der Waals surface area contributed by atoms with Crippen molar-refractivity contribution in [1.29, 1.82) is 0 Å². The van der Waals surface area contributed by atoms with Crippen LogP contribution in [0.1, 0.15) is 5.56 Å². The van der Waals surface area contributed by atoms with Gasteiger partial charge in [-0.2, -0.15) is 0 Å². The fourth-order valence-electron chi connectivity index (χ4n) is 1.10. The van der Waals surface area contributed by atoms with Crippen molar-refractivity contribution in [3.05, 3.63) is 23.8 Å². The SMILES string of the molecule is O=C(O)C(Cc1ccc(O)c(O)c1)NF. The van der Waals surface area contributed by atoms with Crippen molar-refractivity contribution in [2.75, 3.05) is 0 Å². The molecule has 4 N–H and O–H groups in total. The molecule has 82 valence electrons. The number of hydrogen-bond acceptors (Lipinski definition) is 4. The molecule has 5 nitrogen and oxygen atoms in total. The molecule has 0 bridgehead atoms. The highest BCUT2D eigenvalue weighted by Crippen LogP contribution is 2.25. The molecular weight excluding hydrogens is 205 g/mol. The summed E-state index contributed by atoms with van der Waals surface area (Å²) in [6.45, 7) is 0. The summed E-state index contributed by atoms with van der Waals surface area (Å²) >= 11 is 0. The smallest absolute Gasteiger partial charge is 0.323 e. The van der Waals surface area contributed by atoms with E-state index < -0.39 is 12.0 Å². The number of hydrogen-bond donors (Lipinski definition) is 4. The number of phenolic OH excluding ortho intramolecular Hbond substituents is 2. The van der Waals surface area contributed by atoms with E-state index in [1.54, 1.807) is 0 Å². The maximum Gasteiger partial charge on any atom is 0.323 e. The van der Waals surface area contributed by atoms with Gasteiger partial charge in [-0.3, -0.25) is 4.79 Å². The molecule has 0 aliphatic rings. The maximum atomic E-state index is 12.0. The predicted molar refractivity (Wildman–Crippen MR) is 49.1 cm³/mol. The molecule has 0 spiro atoms. The van der Waals surface area contributed by atoms with Gasteiger partial charge in [0.2, 0.25) is 0 Å². The summed E-state index contributed by atoms with van der Waals surface area (Å²) in [7, 11) is 0. The van der Waals surface area contributed by atoms with Crippen LogP contribution in [0.15, 0.2) is 18.2 Å². The second-order valence-electron chi connectivity index (χ2n) is 3.03. The molecule has 0 fully saturated rings. The highest BCUT2D eigenvalue weighted by Gasteiger charge is 2.17. The van der Waals surface area contributed by atoms with Gasteiger partial charge in [0.25, 0.3) is 0 Å². The molecule has 0 heterocycles. The van der Waals surface area contributed by atoms with E-state index in [0.717, 1.165) is 5.54 Å². The Hall–Kier alpha value is -1.82. The van der Waals surface area contributed by atoms with Gasteiger partial charge in [-0.1, -0.05) is 6.07 Å². The highest BCUT2D eigenvalue weighted by molar-refractivity contribution is 5.73. The molecule has 1 aromatic rings. The molecule has 1 unspecified atom stereocenters. The Morgan fingerprint density at radius 1 is 1.40 bits per heavy atom. The van der Waals surface area contributed by atoms with Crippen molar-refractivity contribution in [2.24, 2.45) is 0 Å².